The summed E-state index contributed by atoms with van der Waals surface area (Å²) in [7, 11) is 0. The molecule has 20 heavy (non-hydrogen) atoms. The van der Waals surface area contributed by atoms with E-state index in [4.69, 9.17) is 16.5 Å². The van der Waals surface area contributed by atoms with Gasteiger partial charge in [0.25, 0.3) is 0 Å². The summed E-state index contributed by atoms with van der Waals surface area (Å²) in [6, 6.07) is 8.55. The van der Waals surface area contributed by atoms with Crippen LogP contribution in [0.15, 0.2) is 24.3 Å². The van der Waals surface area contributed by atoms with E-state index in [2.05, 4.69) is 29.1 Å². The van der Waals surface area contributed by atoms with E-state index < -0.39 is 0 Å². The minimum absolute atomic E-state index is 0.766. The third-order valence-corrected chi connectivity index (χ3v) is 4.28. The molecule has 1 aliphatic rings. The number of ether oxygens (including phenoxy) is 1. The molecule has 112 valence electrons. The number of halogens is 1. The second-order valence-corrected chi connectivity index (χ2v) is 6.07. The Kier molecular flexibility index (Phi) is 7.24. The van der Waals surface area contributed by atoms with Crippen molar-refractivity contribution in [2.45, 2.75) is 51.4 Å². The zero-order valence-electron chi connectivity index (χ0n) is 12.2. The topological polar surface area (TPSA) is 21.3 Å². The van der Waals surface area contributed by atoms with E-state index in [1.165, 1.54) is 37.7 Å². The molecule has 0 saturated heterocycles. The average Bonchev–Trinajstić information content (AvgIpc) is 2.51. The van der Waals surface area contributed by atoms with Crippen molar-refractivity contribution in [3.8, 4) is 5.75 Å². The standard InChI is InChI=1S/C17H26ClNO/c18-19-12-5-4-7-15-10-6-11-17(13-15)20-14-16-8-2-1-3-9-16/h6,10-11,13,16,19H,1-5,7-9,12,14H2. The van der Waals surface area contributed by atoms with Gasteiger partial charge >= 0.3 is 0 Å². The zero-order chi connectivity index (χ0) is 14.0. The summed E-state index contributed by atoms with van der Waals surface area (Å²) in [5.41, 5.74) is 1.36. The molecule has 1 saturated carbocycles. The SMILES string of the molecule is ClNCCCCc1cccc(OCC2CCCCC2)c1. The van der Waals surface area contributed by atoms with Crippen LogP contribution in [0.5, 0.6) is 5.75 Å². The van der Waals surface area contributed by atoms with Crippen LogP contribution < -0.4 is 9.57 Å². The number of rotatable bonds is 8. The Morgan fingerprint density at radius 1 is 1.15 bits per heavy atom. The first-order valence-corrected chi connectivity index (χ1v) is 8.31. The van der Waals surface area contributed by atoms with Gasteiger partial charge in [-0.05, 0) is 67.5 Å². The van der Waals surface area contributed by atoms with Crippen LogP contribution in [0.4, 0.5) is 0 Å². The summed E-state index contributed by atoms with van der Waals surface area (Å²) in [6.07, 6.45) is 10.2. The molecule has 0 amide bonds. The normalized spacial score (nSPS) is 16.2. The predicted molar refractivity (Wildman–Crippen MR) is 85.3 cm³/mol. The van der Waals surface area contributed by atoms with Gasteiger partial charge in [-0.2, -0.15) is 0 Å². The lowest BCUT2D eigenvalue weighted by atomic mass is 9.90. The van der Waals surface area contributed by atoms with Crippen molar-refractivity contribution < 1.29 is 4.74 Å². The maximum absolute atomic E-state index is 5.98. The molecule has 1 N–H and O–H groups in total. The van der Waals surface area contributed by atoms with Crippen molar-refractivity contribution in [2.75, 3.05) is 13.2 Å². The van der Waals surface area contributed by atoms with Gasteiger partial charge in [-0.15, -0.1) is 0 Å². The van der Waals surface area contributed by atoms with Crippen molar-refractivity contribution in [3.63, 3.8) is 0 Å². The second kappa shape index (κ2) is 9.25. The van der Waals surface area contributed by atoms with E-state index in [0.29, 0.717) is 0 Å². The highest BCUT2D eigenvalue weighted by atomic mass is 35.5. The van der Waals surface area contributed by atoms with Crippen LogP contribution in [0.25, 0.3) is 0 Å². The van der Waals surface area contributed by atoms with Gasteiger partial charge in [-0.3, -0.25) is 0 Å². The fourth-order valence-electron chi connectivity index (χ4n) is 2.88. The van der Waals surface area contributed by atoms with Gasteiger partial charge in [0.2, 0.25) is 0 Å². The maximum atomic E-state index is 5.98. The van der Waals surface area contributed by atoms with Crippen LogP contribution in [0.2, 0.25) is 0 Å². The molecule has 3 heteroatoms. The highest BCUT2D eigenvalue weighted by molar-refractivity contribution is 6.13. The zero-order valence-corrected chi connectivity index (χ0v) is 13.0. The minimum Gasteiger partial charge on any atom is -0.493 e. The number of aryl methyl sites for hydroxylation is 1. The third kappa shape index (κ3) is 5.72. The Hall–Kier alpha value is -0.730. The summed E-state index contributed by atoms with van der Waals surface area (Å²) in [5.74, 6) is 1.80. The second-order valence-electron chi connectivity index (χ2n) is 5.80. The van der Waals surface area contributed by atoms with E-state index in [1.807, 2.05) is 0 Å². The molecule has 0 heterocycles. The lowest BCUT2D eigenvalue weighted by molar-refractivity contribution is 0.208. The number of hydrogen-bond donors (Lipinski definition) is 1. The fourth-order valence-corrected chi connectivity index (χ4v) is 3.01. The molecule has 2 rings (SSSR count). The molecule has 1 aliphatic carbocycles. The predicted octanol–water partition coefficient (Wildman–Crippen LogP) is 4.71. The molecule has 0 atom stereocenters. The summed E-state index contributed by atoms with van der Waals surface area (Å²) in [5, 5.41) is 0. The molecule has 0 bridgehead atoms. The fraction of sp³-hybridized carbons (Fsp3) is 0.647. The maximum Gasteiger partial charge on any atom is 0.119 e. The van der Waals surface area contributed by atoms with Crippen LogP contribution >= 0.6 is 11.8 Å². The molecule has 1 aromatic carbocycles. The van der Waals surface area contributed by atoms with Crippen LogP contribution in [0.1, 0.15) is 50.5 Å². The van der Waals surface area contributed by atoms with E-state index in [0.717, 1.165) is 44.1 Å². The van der Waals surface area contributed by atoms with Gasteiger partial charge in [0, 0.05) is 6.54 Å². The monoisotopic (exact) mass is 295 g/mol. The molecule has 0 radical (unpaired) electrons. The smallest absolute Gasteiger partial charge is 0.119 e. The highest BCUT2D eigenvalue weighted by Gasteiger charge is 2.13. The lowest BCUT2D eigenvalue weighted by Crippen LogP contribution is -2.15. The van der Waals surface area contributed by atoms with Gasteiger partial charge in [0.15, 0.2) is 0 Å². The third-order valence-electron chi connectivity index (χ3n) is 4.10. The van der Waals surface area contributed by atoms with Crippen LogP contribution in [-0.4, -0.2) is 13.2 Å². The molecule has 0 unspecified atom stereocenters. The number of nitrogens with one attached hydrogen (secondary N) is 1. The molecule has 1 aromatic rings. The summed E-state index contributed by atoms with van der Waals surface area (Å²) in [4.78, 5) is 2.67. The summed E-state index contributed by atoms with van der Waals surface area (Å²) < 4.78 is 5.98. The van der Waals surface area contributed by atoms with Crippen LogP contribution in [-0.2, 0) is 6.42 Å². The molecule has 0 aliphatic heterocycles. The largest absolute Gasteiger partial charge is 0.493 e. The highest BCUT2D eigenvalue weighted by Crippen LogP contribution is 2.25. The molecule has 2 nitrogen and oxygen atoms in total. The first-order valence-electron chi connectivity index (χ1n) is 7.94. The van der Waals surface area contributed by atoms with Crippen molar-refractivity contribution in [3.05, 3.63) is 29.8 Å². The molecule has 1 fully saturated rings. The van der Waals surface area contributed by atoms with Crippen molar-refractivity contribution in [1.29, 1.82) is 0 Å². The number of hydrogen-bond acceptors (Lipinski definition) is 2. The number of unbranched alkanes of at least 4 members (excludes halogenated alkanes) is 1. The average molecular weight is 296 g/mol. The molecular weight excluding hydrogens is 270 g/mol. The van der Waals surface area contributed by atoms with E-state index in [9.17, 15) is 0 Å². The summed E-state index contributed by atoms with van der Waals surface area (Å²) >= 11 is 5.45. The van der Waals surface area contributed by atoms with Crippen LogP contribution in [0, 0.1) is 5.92 Å². The van der Waals surface area contributed by atoms with Crippen molar-refractivity contribution >= 4 is 11.8 Å². The minimum atomic E-state index is 0.766. The van der Waals surface area contributed by atoms with Gasteiger partial charge in [-0.25, -0.2) is 4.84 Å². The Morgan fingerprint density at radius 2 is 2.00 bits per heavy atom. The number of benzene rings is 1. The molecule has 0 spiro atoms. The van der Waals surface area contributed by atoms with Crippen LogP contribution in [0.3, 0.4) is 0 Å². The first-order chi connectivity index (χ1) is 9.88. The van der Waals surface area contributed by atoms with Gasteiger partial charge < -0.3 is 4.74 Å². The lowest BCUT2D eigenvalue weighted by Gasteiger charge is -2.21. The summed E-state index contributed by atoms with van der Waals surface area (Å²) in [6.45, 7) is 1.76. The Labute approximate surface area is 128 Å². The quantitative estimate of drug-likeness (QED) is 0.554. The van der Waals surface area contributed by atoms with Gasteiger partial charge in [0.05, 0.1) is 6.61 Å². The van der Waals surface area contributed by atoms with E-state index in [1.54, 1.807) is 0 Å². The van der Waals surface area contributed by atoms with E-state index in [-0.39, 0.29) is 0 Å². The van der Waals surface area contributed by atoms with Gasteiger partial charge in [-0.1, -0.05) is 31.4 Å². The van der Waals surface area contributed by atoms with Gasteiger partial charge in [0.1, 0.15) is 5.75 Å². The Bertz CT molecular complexity index is 377. The first kappa shape index (κ1) is 15.7. The van der Waals surface area contributed by atoms with Crippen molar-refractivity contribution in [2.24, 2.45) is 5.92 Å². The Morgan fingerprint density at radius 3 is 2.80 bits per heavy atom. The molecular formula is C17H26ClNO. The van der Waals surface area contributed by atoms with Crippen molar-refractivity contribution in [1.82, 2.24) is 4.84 Å². The Balaban J connectivity index is 1.73. The van der Waals surface area contributed by atoms with E-state index >= 15 is 0 Å². The molecule has 0 aromatic heterocycles.